The maximum Gasteiger partial charge on any atom is 0.334 e. The summed E-state index contributed by atoms with van der Waals surface area (Å²) in [5, 5.41) is 9.11. The number of carboxylic acids is 1. The number of fused-ring (bicyclic) bond motifs is 1. The van der Waals surface area contributed by atoms with Crippen LogP contribution in [0.5, 0.6) is 5.75 Å². The van der Waals surface area contributed by atoms with Gasteiger partial charge in [0.25, 0.3) is 0 Å². The van der Waals surface area contributed by atoms with E-state index in [0.717, 1.165) is 31.6 Å². The molecule has 1 aromatic rings. The second kappa shape index (κ2) is 6.03. The van der Waals surface area contributed by atoms with Crippen molar-refractivity contribution in [2.75, 3.05) is 26.8 Å². The average molecular weight is 291 g/mol. The minimum absolute atomic E-state index is 0.398. The maximum atomic E-state index is 11.1. The van der Waals surface area contributed by atoms with E-state index in [9.17, 15) is 4.79 Å². The molecule has 5 nitrogen and oxygen atoms in total. The van der Waals surface area contributed by atoms with Crippen LogP contribution in [0, 0.1) is 0 Å². The topological polar surface area (TPSA) is 59.0 Å². The largest absolute Gasteiger partial charge is 0.497 e. The van der Waals surface area contributed by atoms with Crippen LogP contribution >= 0.6 is 0 Å². The summed E-state index contributed by atoms with van der Waals surface area (Å²) >= 11 is 0. The molecule has 114 valence electrons. The number of methoxy groups -OCH3 is 1. The van der Waals surface area contributed by atoms with Crippen LogP contribution in [0.1, 0.15) is 17.5 Å². The lowest BCUT2D eigenvalue weighted by Crippen LogP contribution is -2.51. The summed E-state index contributed by atoms with van der Waals surface area (Å²) in [6, 6.07) is 6.66. The number of carbonyl (C=O) groups is 1. The van der Waals surface area contributed by atoms with Crippen LogP contribution in [-0.4, -0.2) is 54.9 Å². The Labute approximate surface area is 124 Å². The van der Waals surface area contributed by atoms with Crippen LogP contribution in [0.25, 0.3) is 0 Å². The molecule has 21 heavy (non-hydrogen) atoms. The number of morpholine rings is 1. The number of nitrogens with zero attached hydrogens (tertiary/aromatic N) is 1. The first kappa shape index (κ1) is 14.4. The summed E-state index contributed by atoms with van der Waals surface area (Å²) in [4.78, 5) is 13.4. The molecule has 2 unspecified atom stereocenters. The van der Waals surface area contributed by atoms with E-state index in [-0.39, 0.29) is 0 Å². The normalized spacial score (nSPS) is 26.1. The molecule has 3 rings (SSSR count). The third-order valence-electron chi connectivity index (χ3n) is 4.51. The van der Waals surface area contributed by atoms with Crippen molar-refractivity contribution < 1.29 is 19.4 Å². The Bertz CT molecular complexity index is 531. The molecule has 0 spiro atoms. The molecule has 0 aromatic heterocycles. The molecule has 0 saturated carbocycles. The van der Waals surface area contributed by atoms with E-state index in [1.54, 1.807) is 7.11 Å². The first-order valence-electron chi connectivity index (χ1n) is 7.41. The van der Waals surface area contributed by atoms with Crippen molar-refractivity contribution in [1.82, 2.24) is 4.90 Å². The van der Waals surface area contributed by atoms with Gasteiger partial charge in [0.15, 0.2) is 6.10 Å². The van der Waals surface area contributed by atoms with Crippen molar-refractivity contribution in [2.24, 2.45) is 0 Å². The molecular formula is C16H21NO4. The molecule has 0 bridgehead atoms. The zero-order chi connectivity index (χ0) is 14.8. The minimum Gasteiger partial charge on any atom is -0.497 e. The van der Waals surface area contributed by atoms with E-state index in [2.05, 4.69) is 17.0 Å². The Morgan fingerprint density at radius 3 is 3.05 bits per heavy atom. The van der Waals surface area contributed by atoms with Crippen LogP contribution in [0.15, 0.2) is 18.2 Å². The average Bonchev–Trinajstić information content (AvgIpc) is 2.53. The molecule has 1 aromatic carbocycles. The Morgan fingerprint density at radius 2 is 2.29 bits per heavy atom. The number of hydrogen-bond acceptors (Lipinski definition) is 4. The number of hydrogen-bond donors (Lipinski definition) is 1. The molecule has 0 radical (unpaired) electrons. The van der Waals surface area contributed by atoms with Crippen LogP contribution in [0.3, 0.4) is 0 Å². The number of ether oxygens (including phenoxy) is 2. The Hall–Kier alpha value is -1.59. The smallest absolute Gasteiger partial charge is 0.334 e. The fourth-order valence-corrected chi connectivity index (χ4v) is 3.30. The van der Waals surface area contributed by atoms with Gasteiger partial charge in [-0.15, -0.1) is 0 Å². The molecule has 1 fully saturated rings. The highest BCUT2D eigenvalue weighted by atomic mass is 16.5. The number of aliphatic carboxylic acids is 1. The molecule has 0 amide bonds. The fraction of sp³-hybridized carbons (Fsp3) is 0.562. The lowest BCUT2D eigenvalue weighted by Gasteiger charge is -2.39. The second-order valence-electron chi connectivity index (χ2n) is 5.72. The maximum absolute atomic E-state index is 11.1. The van der Waals surface area contributed by atoms with Crippen LogP contribution in [0.2, 0.25) is 0 Å². The number of rotatable bonds is 3. The van der Waals surface area contributed by atoms with E-state index >= 15 is 0 Å². The Balaban J connectivity index is 1.71. The van der Waals surface area contributed by atoms with Crippen LogP contribution in [0.4, 0.5) is 0 Å². The molecule has 2 atom stereocenters. The predicted octanol–water partition coefficient (Wildman–Crippen LogP) is 1.34. The molecule has 5 heteroatoms. The van der Waals surface area contributed by atoms with Gasteiger partial charge < -0.3 is 14.6 Å². The Kier molecular flexibility index (Phi) is 4.12. The van der Waals surface area contributed by atoms with Crippen molar-refractivity contribution in [3.8, 4) is 5.75 Å². The van der Waals surface area contributed by atoms with E-state index in [1.165, 1.54) is 11.1 Å². The number of aryl methyl sites for hydroxylation is 1. The van der Waals surface area contributed by atoms with Gasteiger partial charge >= 0.3 is 5.97 Å². The molecule has 1 aliphatic carbocycles. The highest BCUT2D eigenvalue weighted by Crippen LogP contribution is 2.28. The van der Waals surface area contributed by atoms with Gasteiger partial charge in [0.2, 0.25) is 0 Å². The van der Waals surface area contributed by atoms with Gasteiger partial charge in [-0.3, -0.25) is 4.90 Å². The van der Waals surface area contributed by atoms with Crippen LogP contribution < -0.4 is 4.74 Å². The summed E-state index contributed by atoms with van der Waals surface area (Å²) in [6.07, 6.45) is 2.38. The monoisotopic (exact) mass is 291 g/mol. The van der Waals surface area contributed by atoms with Gasteiger partial charge in [0.1, 0.15) is 5.75 Å². The van der Waals surface area contributed by atoms with Gasteiger partial charge in [-0.1, -0.05) is 6.07 Å². The molecule has 2 aliphatic rings. The Morgan fingerprint density at radius 1 is 1.43 bits per heavy atom. The summed E-state index contributed by atoms with van der Waals surface area (Å²) in [5.41, 5.74) is 2.71. The first-order chi connectivity index (χ1) is 10.2. The zero-order valence-corrected chi connectivity index (χ0v) is 12.2. The van der Waals surface area contributed by atoms with E-state index in [4.69, 9.17) is 14.6 Å². The standard InChI is InChI=1S/C16H21NO4/c1-20-14-5-3-11-2-4-13(8-12(11)9-14)17-6-7-21-15(10-17)16(18)19/h3,5,9,13,15H,2,4,6-8,10H2,1H3,(H,18,19). The van der Waals surface area contributed by atoms with Gasteiger partial charge in [0.05, 0.1) is 13.7 Å². The van der Waals surface area contributed by atoms with Crippen molar-refractivity contribution in [3.05, 3.63) is 29.3 Å². The quantitative estimate of drug-likeness (QED) is 0.910. The number of benzene rings is 1. The van der Waals surface area contributed by atoms with Crippen molar-refractivity contribution >= 4 is 5.97 Å². The highest BCUT2D eigenvalue weighted by Gasteiger charge is 2.32. The summed E-state index contributed by atoms with van der Waals surface area (Å²) in [6.45, 7) is 1.80. The highest BCUT2D eigenvalue weighted by molar-refractivity contribution is 5.72. The molecular weight excluding hydrogens is 270 g/mol. The SMILES string of the molecule is COc1ccc2c(c1)CC(N1CCOC(C(=O)O)C1)CC2. The molecule has 1 N–H and O–H groups in total. The third-order valence-corrected chi connectivity index (χ3v) is 4.51. The van der Waals surface area contributed by atoms with Gasteiger partial charge in [-0.2, -0.15) is 0 Å². The van der Waals surface area contributed by atoms with Gasteiger partial charge in [-0.05, 0) is 42.5 Å². The van der Waals surface area contributed by atoms with E-state index in [1.807, 2.05) is 6.07 Å². The summed E-state index contributed by atoms with van der Waals surface area (Å²) < 4.78 is 10.6. The molecule has 1 heterocycles. The van der Waals surface area contributed by atoms with Crippen molar-refractivity contribution in [1.29, 1.82) is 0 Å². The molecule has 1 aliphatic heterocycles. The second-order valence-corrected chi connectivity index (χ2v) is 5.72. The predicted molar refractivity (Wildman–Crippen MR) is 77.8 cm³/mol. The lowest BCUT2D eigenvalue weighted by atomic mass is 9.87. The zero-order valence-electron chi connectivity index (χ0n) is 12.2. The van der Waals surface area contributed by atoms with Crippen molar-refractivity contribution in [2.45, 2.75) is 31.4 Å². The van der Waals surface area contributed by atoms with Gasteiger partial charge in [-0.25, -0.2) is 4.79 Å². The minimum atomic E-state index is -0.863. The lowest BCUT2D eigenvalue weighted by molar-refractivity contribution is -0.157. The van der Waals surface area contributed by atoms with Crippen molar-refractivity contribution in [3.63, 3.8) is 0 Å². The fourth-order valence-electron chi connectivity index (χ4n) is 3.30. The van der Waals surface area contributed by atoms with Gasteiger partial charge in [0, 0.05) is 19.1 Å². The summed E-state index contributed by atoms with van der Waals surface area (Å²) in [5.74, 6) is 0.0253. The van der Waals surface area contributed by atoms with Crippen LogP contribution in [-0.2, 0) is 22.4 Å². The van der Waals surface area contributed by atoms with E-state index < -0.39 is 12.1 Å². The first-order valence-corrected chi connectivity index (χ1v) is 7.41. The molecule has 1 saturated heterocycles. The third kappa shape index (κ3) is 3.04. The number of carboxylic acid groups (broad SMARTS) is 1. The summed E-state index contributed by atoms with van der Waals surface area (Å²) in [7, 11) is 1.68. The van der Waals surface area contributed by atoms with E-state index in [0.29, 0.717) is 19.2 Å².